The van der Waals surface area contributed by atoms with Crippen LogP contribution in [0.1, 0.15) is 10.4 Å². The van der Waals surface area contributed by atoms with Crippen molar-refractivity contribution in [3.05, 3.63) is 60.3 Å². The van der Waals surface area contributed by atoms with E-state index in [0.29, 0.717) is 11.3 Å². The number of carbonyl (C=O) groups is 1. The van der Waals surface area contributed by atoms with Crippen molar-refractivity contribution in [2.75, 3.05) is 7.11 Å². The van der Waals surface area contributed by atoms with Gasteiger partial charge in [0.1, 0.15) is 5.75 Å². The van der Waals surface area contributed by atoms with Gasteiger partial charge in [-0.05, 0) is 30.3 Å². The van der Waals surface area contributed by atoms with Crippen LogP contribution in [0, 0.1) is 0 Å². The van der Waals surface area contributed by atoms with E-state index in [4.69, 9.17) is 10.5 Å². The third-order valence-electron chi connectivity index (χ3n) is 3.39. The van der Waals surface area contributed by atoms with Crippen LogP contribution in [0.2, 0.25) is 0 Å². The second kappa shape index (κ2) is 5.25. The summed E-state index contributed by atoms with van der Waals surface area (Å²) in [5.41, 5.74) is 8.39. The summed E-state index contributed by atoms with van der Waals surface area (Å²) in [7, 11) is 1.59. The maximum Gasteiger partial charge on any atom is 0.248 e. The number of pyridine rings is 1. The van der Waals surface area contributed by atoms with Crippen LogP contribution in [0.4, 0.5) is 0 Å². The number of nitrogens with two attached hydrogens (primary N) is 1. The third-order valence-corrected chi connectivity index (χ3v) is 3.39. The number of amides is 1. The van der Waals surface area contributed by atoms with E-state index in [0.717, 1.165) is 22.0 Å². The van der Waals surface area contributed by atoms with E-state index in [1.54, 1.807) is 31.5 Å². The number of primary amides is 1. The van der Waals surface area contributed by atoms with Gasteiger partial charge in [-0.2, -0.15) is 0 Å². The number of para-hydroxylation sites is 1. The number of rotatable bonds is 3. The van der Waals surface area contributed by atoms with E-state index < -0.39 is 5.91 Å². The molecule has 0 atom stereocenters. The third kappa shape index (κ3) is 2.43. The van der Waals surface area contributed by atoms with Crippen LogP contribution >= 0.6 is 0 Å². The molecule has 0 fully saturated rings. The first-order valence-corrected chi connectivity index (χ1v) is 6.52. The van der Waals surface area contributed by atoms with Gasteiger partial charge in [0.25, 0.3) is 0 Å². The standard InChI is InChI=1S/C17H14N2O2/c1-21-16-7-6-12(17(18)20)9-14(16)13-8-11-4-2-3-5-15(11)19-10-13/h2-10H,1H3,(H2,18,20). The Morgan fingerprint density at radius 1 is 1.14 bits per heavy atom. The number of ether oxygens (including phenoxy) is 1. The lowest BCUT2D eigenvalue weighted by Crippen LogP contribution is -2.10. The van der Waals surface area contributed by atoms with Crippen molar-refractivity contribution in [3.8, 4) is 16.9 Å². The number of carbonyl (C=O) groups excluding carboxylic acids is 1. The van der Waals surface area contributed by atoms with E-state index >= 15 is 0 Å². The average molecular weight is 278 g/mol. The molecule has 2 N–H and O–H groups in total. The van der Waals surface area contributed by atoms with Crippen molar-refractivity contribution in [3.63, 3.8) is 0 Å². The molecule has 4 heteroatoms. The summed E-state index contributed by atoms with van der Waals surface area (Å²) < 4.78 is 5.37. The minimum Gasteiger partial charge on any atom is -0.496 e. The minimum atomic E-state index is -0.465. The lowest BCUT2D eigenvalue weighted by atomic mass is 10.0. The van der Waals surface area contributed by atoms with Crippen molar-refractivity contribution in [2.45, 2.75) is 0 Å². The molecular weight excluding hydrogens is 264 g/mol. The Morgan fingerprint density at radius 3 is 2.71 bits per heavy atom. The summed E-state index contributed by atoms with van der Waals surface area (Å²) in [6.45, 7) is 0. The van der Waals surface area contributed by atoms with Gasteiger partial charge < -0.3 is 10.5 Å². The highest BCUT2D eigenvalue weighted by Crippen LogP contribution is 2.32. The summed E-state index contributed by atoms with van der Waals surface area (Å²) in [6.07, 6.45) is 1.77. The van der Waals surface area contributed by atoms with Crippen molar-refractivity contribution < 1.29 is 9.53 Å². The zero-order valence-corrected chi connectivity index (χ0v) is 11.5. The highest BCUT2D eigenvalue weighted by Gasteiger charge is 2.10. The second-order valence-corrected chi connectivity index (χ2v) is 4.70. The lowest BCUT2D eigenvalue weighted by molar-refractivity contribution is 0.100. The molecule has 4 nitrogen and oxygen atoms in total. The molecule has 0 aliphatic carbocycles. The van der Waals surface area contributed by atoms with Crippen molar-refractivity contribution in [1.29, 1.82) is 0 Å². The maximum atomic E-state index is 11.4. The normalized spacial score (nSPS) is 10.5. The van der Waals surface area contributed by atoms with Gasteiger partial charge in [-0.15, -0.1) is 0 Å². The molecule has 0 saturated heterocycles. The fraction of sp³-hybridized carbons (Fsp3) is 0.0588. The van der Waals surface area contributed by atoms with Crippen LogP contribution in [-0.4, -0.2) is 18.0 Å². The molecule has 21 heavy (non-hydrogen) atoms. The smallest absolute Gasteiger partial charge is 0.248 e. The monoisotopic (exact) mass is 278 g/mol. The molecule has 1 heterocycles. The maximum absolute atomic E-state index is 11.4. The highest BCUT2D eigenvalue weighted by atomic mass is 16.5. The summed E-state index contributed by atoms with van der Waals surface area (Å²) >= 11 is 0. The predicted octanol–water partition coefficient (Wildman–Crippen LogP) is 3.01. The van der Waals surface area contributed by atoms with Gasteiger partial charge >= 0.3 is 0 Å². The fourth-order valence-electron chi connectivity index (χ4n) is 2.31. The molecule has 0 bridgehead atoms. The SMILES string of the molecule is COc1ccc(C(N)=O)cc1-c1cnc2ccccc2c1. The van der Waals surface area contributed by atoms with E-state index in [9.17, 15) is 4.79 Å². The van der Waals surface area contributed by atoms with Gasteiger partial charge in [0.2, 0.25) is 5.91 Å². The van der Waals surface area contributed by atoms with E-state index in [2.05, 4.69) is 4.98 Å². The Labute approximate surface area is 122 Å². The van der Waals surface area contributed by atoms with E-state index in [1.165, 1.54) is 0 Å². The van der Waals surface area contributed by atoms with Crippen molar-refractivity contribution in [1.82, 2.24) is 4.98 Å². The first-order valence-electron chi connectivity index (χ1n) is 6.52. The van der Waals surface area contributed by atoms with Gasteiger partial charge in [-0.1, -0.05) is 18.2 Å². The number of hydrogen-bond acceptors (Lipinski definition) is 3. The Morgan fingerprint density at radius 2 is 1.95 bits per heavy atom. The molecule has 0 aliphatic heterocycles. The molecule has 1 amide bonds. The number of methoxy groups -OCH3 is 1. The lowest BCUT2D eigenvalue weighted by Gasteiger charge is -2.10. The quantitative estimate of drug-likeness (QED) is 0.801. The molecule has 1 aromatic heterocycles. The molecule has 104 valence electrons. The van der Waals surface area contributed by atoms with E-state index in [-0.39, 0.29) is 0 Å². The Hall–Kier alpha value is -2.88. The van der Waals surface area contributed by atoms with Crippen LogP contribution in [0.25, 0.3) is 22.0 Å². The number of fused-ring (bicyclic) bond motifs is 1. The Bertz CT molecular complexity index is 828. The molecule has 0 aliphatic rings. The topological polar surface area (TPSA) is 65.2 Å². The number of nitrogens with zero attached hydrogens (tertiary/aromatic N) is 1. The Balaban J connectivity index is 2.20. The zero-order valence-electron chi connectivity index (χ0n) is 11.5. The summed E-state index contributed by atoms with van der Waals surface area (Å²) in [5.74, 6) is 0.213. The van der Waals surface area contributed by atoms with Crippen LogP contribution in [0.15, 0.2) is 54.7 Å². The molecule has 2 aromatic carbocycles. The van der Waals surface area contributed by atoms with Crippen molar-refractivity contribution in [2.24, 2.45) is 5.73 Å². The molecule has 0 radical (unpaired) electrons. The number of benzene rings is 2. The van der Waals surface area contributed by atoms with Gasteiger partial charge in [0.05, 0.1) is 12.6 Å². The predicted molar refractivity (Wildman–Crippen MR) is 82.2 cm³/mol. The first kappa shape index (κ1) is 13.1. The molecule has 0 spiro atoms. The summed E-state index contributed by atoms with van der Waals surface area (Å²) in [6, 6.07) is 15.0. The fourth-order valence-corrected chi connectivity index (χ4v) is 2.31. The summed E-state index contributed by atoms with van der Waals surface area (Å²) in [4.78, 5) is 15.8. The molecular formula is C17H14N2O2. The van der Waals surface area contributed by atoms with Gasteiger partial charge in [0, 0.05) is 28.3 Å². The second-order valence-electron chi connectivity index (χ2n) is 4.70. The number of hydrogen-bond donors (Lipinski definition) is 1. The minimum absolute atomic E-state index is 0.443. The summed E-state index contributed by atoms with van der Waals surface area (Å²) in [5, 5.41) is 1.03. The van der Waals surface area contributed by atoms with Crippen LogP contribution < -0.4 is 10.5 Å². The van der Waals surface area contributed by atoms with Gasteiger partial charge in [-0.25, -0.2) is 0 Å². The average Bonchev–Trinajstić information content (AvgIpc) is 2.53. The first-order chi connectivity index (χ1) is 10.2. The van der Waals surface area contributed by atoms with Crippen LogP contribution in [-0.2, 0) is 0 Å². The number of aromatic nitrogens is 1. The Kier molecular flexibility index (Phi) is 3.28. The van der Waals surface area contributed by atoms with Gasteiger partial charge in [-0.3, -0.25) is 9.78 Å². The molecule has 0 saturated carbocycles. The largest absolute Gasteiger partial charge is 0.496 e. The van der Waals surface area contributed by atoms with E-state index in [1.807, 2.05) is 30.3 Å². The molecule has 3 rings (SSSR count). The van der Waals surface area contributed by atoms with Crippen LogP contribution in [0.3, 0.4) is 0 Å². The highest BCUT2D eigenvalue weighted by molar-refractivity contribution is 5.95. The zero-order chi connectivity index (χ0) is 14.8. The molecule has 3 aromatic rings. The van der Waals surface area contributed by atoms with Gasteiger partial charge in [0.15, 0.2) is 0 Å². The van der Waals surface area contributed by atoms with Crippen LogP contribution in [0.5, 0.6) is 5.75 Å². The van der Waals surface area contributed by atoms with Crippen molar-refractivity contribution >= 4 is 16.8 Å². The molecule has 0 unspecified atom stereocenters.